The zero-order valence-corrected chi connectivity index (χ0v) is 20.7. The number of hydrogen-bond donors (Lipinski definition) is 3. The molecule has 1 fully saturated rings. The highest BCUT2D eigenvalue weighted by atomic mass is 16.2. The Morgan fingerprint density at radius 2 is 1.75 bits per heavy atom. The smallest absolute Gasteiger partial charge is 0.255 e. The van der Waals surface area contributed by atoms with E-state index in [4.69, 9.17) is 0 Å². The third kappa shape index (κ3) is 3.60. The van der Waals surface area contributed by atoms with Gasteiger partial charge >= 0.3 is 0 Å². The zero-order valence-electron chi connectivity index (χ0n) is 20.7. The lowest BCUT2D eigenvalue weighted by Crippen LogP contribution is -2.58. The Balaban J connectivity index is 1.35. The Morgan fingerprint density at radius 3 is 2.53 bits per heavy atom. The molecule has 1 aromatic heterocycles. The molecule has 0 spiro atoms. The van der Waals surface area contributed by atoms with Crippen molar-refractivity contribution in [2.45, 2.75) is 70.1 Å². The Kier molecular flexibility index (Phi) is 5.58. The second-order valence-corrected chi connectivity index (χ2v) is 10.7. The third-order valence-corrected chi connectivity index (χ3v) is 8.10. The fourth-order valence-corrected chi connectivity index (χ4v) is 6.28. The average molecular weight is 485 g/mol. The molecule has 3 aliphatic rings. The highest BCUT2D eigenvalue weighted by Gasteiger charge is 2.49. The standard InChI is InChI=1S/C29H32N4O3/c1-16(2)24(28(35)30-17-9-3-4-10-17)32-27(34)23-15-21-18-11-7-8-14-22(18)31-25(21)26-19-12-5-6-13-20(19)29(36)33(23)26/h5-8,11-14,16-17,23-24,26,31H,3-4,9-10,15H2,1-2H3,(H,30,35)(H,32,34). The van der Waals surface area contributed by atoms with Crippen molar-refractivity contribution in [1.82, 2.24) is 20.5 Å². The SMILES string of the molecule is CC(C)C(NC(=O)C1Cc2c([nH]c3ccccc23)C2c3ccccc3C(=O)N12)C(=O)NC1CCCC1. The number of amides is 3. The summed E-state index contributed by atoms with van der Waals surface area (Å²) in [4.78, 5) is 45.9. The van der Waals surface area contributed by atoms with Crippen LogP contribution < -0.4 is 10.6 Å². The molecular weight excluding hydrogens is 452 g/mol. The van der Waals surface area contributed by atoms with Crippen molar-refractivity contribution < 1.29 is 14.4 Å². The van der Waals surface area contributed by atoms with E-state index in [9.17, 15) is 14.4 Å². The van der Waals surface area contributed by atoms with E-state index < -0.39 is 12.1 Å². The van der Waals surface area contributed by atoms with Gasteiger partial charge in [0, 0.05) is 34.6 Å². The maximum absolute atomic E-state index is 13.9. The summed E-state index contributed by atoms with van der Waals surface area (Å²) >= 11 is 0. The van der Waals surface area contributed by atoms with Gasteiger partial charge in [-0.1, -0.05) is 63.1 Å². The van der Waals surface area contributed by atoms with E-state index in [0.717, 1.165) is 53.4 Å². The second-order valence-electron chi connectivity index (χ2n) is 10.7. The molecule has 0 bridgehead atoms. The van der Waals surface area contributed by atoms with Crippen molar-refractivity contribution in [3.8, 4) is 0 Å². The Labute approximate surface area is 210 Å². The van der Waals surface area contributed by atoms with E-state index in [1.165, 1.54) is 0 Å². The lowest BCUT2D eigenvalue weighted by molar-refractivity contribution is -0.133. The number of hydrogen-bond acceptors (Lipinski definition) is 3. The summed E-state index contributed by atoms with van der Waals surface area (Å²) < 4.78 is 0. The van der Waals surface area contributed by atoms with Crippen molar-refractivity contribution in [3.05, 3.63) is 70.9 Å². The third-order valence-electron chi connectivity index (χ3n) is 8.10. The number of rotatable bonds is 5. The van der Waals surface area contributed by atoms with Gasteiger partial charge in [0.1, 0.15) is 12.1 Å². The van der Waals surface area contributed by atoms with E-state index in [1.807, 2.05) is 56.3 Å². The summed E-state index contributed by atoms with van der Waals surface area (Å²) in [6, 6.07) is 14.1. The first-order chi connectivity index (χ1) is 17.4. The van der Waals surface area contributed by atoms with Crippen molar-refractivity contribution in [2.75, 3.05) is 0 Å². The van der Waals surface area contributed by atoms with Crippen LogP contribution in [0.15, 0.2) is 48.5 Å². The van der Waals surface area contributed by atoms with E-state index in [1.54, 1.807) is 4.90 Å². The fraction of sp³-hybridized carbons (Fsp3) is 0.414. The molecule has 2 aromatic carbocycles. The number of nitrogens with zero attached hydrogens (tertiary/aromatic N) is 1. The predicted molar refractivity (Wildman–Crippen MR) is 137 cm³/mol. The number of carbonyl (C=O) groups is 3. The first kappa shape index (κ1) is 22.8. The summed E-state index contributed by atoms with van der Waals surface area (Å²) in [5.74, 6) is -0.639. The van der Waals surface area contributed by atoms with Gasteiger partial charge in [0.25, 0.3) is 5.91 Å². The van der Waals surface area contributed by atoms with Crippen LogP contribution in [-0.4, -0.2) is 45.7 Å². The van der Waals surface area contributed by atoms with E-state index in [2.05, 4.69) is 21.7 Å². The Hall–Kier alpha value is -3.61. The molecule has 6 rings (SSSR count). The number of fused-ring (bicyclic) bond motifs is 7. The Bertz CT molecular complexity index is 1350. The second kappa shape index (κ2) is 8.80. The highest BCUT2D eigenvalue weighted by molar-refractivity contribution is 6.04. The molecule has 0 saturated heterocycles. The van der Waals surface area contributed by atoms with Crippen molar-refractivity contribution in [2.24, 2.45) is 5.92 Å². The van der Waals surface area contributed by atoms with Crippen LogP contribution in [0.2, 0.25) is 0 Å². The molecule has 2 aliphatic heterocycles. The maximum atomic E-state index is 13.9. The van der Waals surface area contributed by atoms with Crippen molar-refractivity contribution in [1.29, 1.82) is 0 Å². The molecule has 186 valence electrons. The molecule has 3 amide bonds. The largest absolute Gasteiger partial charge is 0.356 e. The lowest BCUT2D eigenvalue weighted by Gasteiger charge is -2.38. The molecule has 0 radical (unpaired) electrons. The topological polar surface area (TPSA) is 94.3 Å². The molecule has 3 N–H and O–H groups in total. The summed E-state index contributed by atoms with van der Waals surface area (Å²) in [6.07, 6.45) is 4.61. The average Bonchev–Trinajstić information content (AvgIpc) is 3.59. The van der Waals surface area contributed by atoms with Crippen molar-refractivity contribution >= 4 is 28.6 Å². The quantitative estimate of drug-likeness (QED) is 0.514. The van der Waals surface area contributed by atoms with Crippen LogP contribution >= 0.6 is 0 Å². The van der Waals surface area contributed by atoms with Crippen molar-refractivity contribution in [3.63, 3.8) is 0 Å². The number of para-hydroxylation sites is 1. The molecular formula is C29H32N4O3. The van der Waals surface area contributed by atoms with Gasteiger partial charge in [-0.3, -0.25) is 14.4 Å². The molecule has 3 atom stereocenters. The summed E-state index contributed by atoms with van der Waals surface area (Å²) in [5.41, 5.74) is 4.57. The molecule has 7 heteroatoms. The molecule has 7 nitrogen and oxygen atoms in total. The van der Waals surface area contributed by atoms with Gasteiger partial charge in [-0.25, -0.2) is 0 Å². The van der Waals surface area contributed by atoms with Gasteiger partial charge in [0.15, 0.2) is 0 Å². The minimum absolute atomic E-state index is 0.0788. The summed E-state index contributed by atoms with van der Waals surface area (Å²) in [7, 11) is 0. The Morgan fingerprint density at radius 1 is 1.03 bits per heavy atom. The predicted octanol–water partition coefficient (Wildman–Crippen LogP) is 3.84. The van der Waals surface area contributed by atoms with Gasteiger partial charge in [0.2, 0.25) is 11.8 Å². The molecule has 1 saturated carbocycles. The first-order valence-electron chi connectivity index (χ1n) is 13.1. The van der Waals surface area contributed by atoms with Crippen LogP contribution in [0.25, 0.3) is 10.9 Å². The van der Waals surface area contributed by atoms with Crippen LogP contribution in [0.4, 0.5) is 0 Å². The van der Waals surface area contributed by atoms with E-state index >= 15 is 0 Å². The molecule has 3 heterocycles. The number of nitrogens with one attached hydrogen (secondary N) is 3. The molecule has 3 aromatic rings. The number of H-pyrrole nitrogens is 1. The monoisotopic (exact) mass is 484 g/mol. The van der Waals surface area contributed by atoms with Crippen LogP contribution in [0.3, 0.4) is 0 Å². The number of aromatic nitrogens is 1. The maximum Gasteiger partial charge on any atom is 0.255 e. The fourth-order valence-electron chi connectivity index (χ4n) is 6.28. The summed E-state index contributed by atoms with van der Waals surface area (Å²) in [5, 5.41) is 7.24. The summed E-state index contributed by atoms with van der Waals surface area (Å²) in [6.45, 7) is 3.88. The molecule has 3 unspecified atom stereocenters. The van der Waals surface area contributed by atoms with Crippen LogP contribution in [0.5, 0.6) is 0 Å². The highest BCUT2D eigenvalue weighted by Crippen LogP contribution is 2.46. The zero-order chi connectivity index (χ0) is 25.0. The minimum atomic E-state index is -0.706. The van der Waals surface area contributed by atoms with E-state index in [0.29, 0.717) is 12.0 Å². The van der Waals surface area contributed by atoms with Gasteiger partial charge in [-0.05, 0) is 42.0 Å². The van der Waals surface area contributed by atoms with Crippen LogP contribution in [0.1, 0.15) is 72.8 Å². The number of carbonyl (C=O) groups excluding carboxylic acids is 3. The number of benzene rings is 2. The lowest BCUT2D eigenvalue weighted by atomic mass is 9.89. The van der Waals surface area contributed by atoms with Gasteiger partial charge in [0.05, 0.1) is 6.04 Å². The van der Waals surface area contributed by atoms with Gasteiger partial charge in [-0.2, -0.15) is 0 Å². The minimum Gasteiger partial charge on any atom is -0.356 e. The molecule has 36 heavy (non-hydrogen) atoms. The van der Waals surface area contributed by atoms with Crippen LogP contribution in [0, 0.1) is 5.92 Å². The molecule has 1 aliphatic carbocycles. The van der Waals surface area contributed by atoms with Gasteiger partial charge < -0.3 is 20.5 Å². The first-order valence-corrected chi connectivity index (χ1v) is 13.1. The van der Waals surface area contributed by atoms with Crippen LogP contribution in [-0.2, 0) is 16.0 Å². The van der Waals surface area contributed by atoms with E-state index in [-0.39, 0.29) is 35.7 Å². The normalized spacial score (nSPS) is 21.9. The van der Waals surface area contributed by atoms with Gasteiger partial charge in [-0.15, -0.1) is 0 Å². The number of aromatic amines is 1.